The fourth-order valence-electron chi connectivity index (χ4n) is 2.51. The molecule has 1 aliphatic carbocycles. The fraction of sp³-hybridized carbons (Fsp3) is 0.714. The minimum absolute atomic E-state index is 0.0909. The summed E-state index contributed by atoms with van der Waals surface area (Å²) in [5.41, 5.74) is 0.995. The van der Waals surface area contributed by atoms with Crippen molar-refractivity contribution in [2.24, 2.45) is 5.41 Å². The number of aromatic nitrogens is 2. The lowest BCUT2D eigenvalue weighted by Crippen LogP contribution is -2.57. The molecule has 2 rings (SSSR count). The van der Waals surface area contributed by atoms with E-state index in [0.29, 0.717) is 30.6 Å². The van der Waals surface area contributed by atoms with E-state index in [9.17, 15) is 0 Å². The maximum Gasteiger partial charge on any atom is 0.226 e. The van der Waals surface area contributed by atoms with E-state index < -0.39 is 0 Å². The molecule has 0 aromatic carbocycles. The van der Waals surface area contributed by atoms with Gasteiger partial charge in [-0.3, -0.25) is 0 Å². The first-order valence-electron chi connectivity index (χ1n) is 6.75. The molecule has 1 N–H and O–H groups in total. The molecule has 1 saturated carbocycles. The SMILES string of the molecule is CCOc1cc(C)nc(NC2CC(OC)C2(C)C)n1. The Bertz CT molecular complexity index is 448. The van der Waals surface area contributed by atoms with Gasteiger partial charge in [0.1, 0.15) is 0 Å². The van der Waals surface area contributed by atoms with Gasteiger partial charge in [0.05, 0.1) is 12.7 Å². The third-order valence-electron chi connectivity index (χ3n) is 3.89. The van der Waals surface area contributed by atoms with Crippen molar-refractivity contribution in [2.75, 3.05) is 19.0 Å². The van der Waals surface area contributed by atoms with Gasteiger partial charge < -0.3 is 14.8 Å². The summed E-state index contributed by atoms with van der Waals surface area (Å²) in [6.45, 7) is 8.89. The molecule has 2 unspecified atom stereocenters. The summed E-state index contributed by atoms with van der Waals surface area (Å²) in [6.07, 6.45) is 1.27. The number of methoxy groups -OCH3 is 1. The summed E-state index contributed by atoms with van der Waals surface area (Å²) in [5, 5.41) is 3.39. The van der Waals surface area contributed by atoms with Gasteiger partial charge in [-0.2, -0.15) is 4.98 Å². The Balaban J connectivity index is 2.08. The number of hydrogen-bond acceptors (Lipinski definition) is 5. The topological polar surface area (TPSA) is 56.3 Å². The molecule has 5 nitrogen and oxygen atoms in total. The minimum atomic E-state index is 0.0909. The first-order chi connectivity index (χ1) is 8.97. The molecule has 0 saturated heterocycles. The van der Waals surface area contributed by atoms with Gasteiger partial charge in [0.15, 0.2) is 0 Å². The Labute approximate surface area is 114 Å². The van der Waals surface area contributed by atoms with E-state index in [1.807, 2.05) is 19.9 Å². The van der Waals surface area contributed by atoms with E-state index in [1.165, 1.54) is 0 Å². The summed E-state index contributed by atoms with van der Waals surface area (Å²) in [7, 11) is 1.76. The van der Waals surface area contributed by atoms with Crippen LogP contribution >= 0.6 is 0 Å². The summed E-state index contributed by atoms with van der Waals surface area (Å²) < 4.78 is 10.9. The van der Waals surface area contributed by atoms with Crippen molar-refractivity contribution >= 4 is 5.95 Å². The summed E-state index contributed by atoms with van der Waals surface area (Å²) in [6, 6.07) is 2.17. The maximum absolute atomic E-state index is 5.45. The number of aryl methyl sites for hydroxylation is 1. The molecule has 1 aromatic heterocycles. The van der Waals surface area contributed by atoms with Crippen molar-refractivity contribution in [3.05, 3.63) is 11.8 Å². The first kappa shape index (κ1) is 14.1. The van der Waals surface area contributed by atoms with E-state index in [-0.39, 0.29) is 5.41 Å². The number of rotatable bonds is 5. The zero-order valence-electron chi connectivity index (χ0n) is 12.4. The van der Waals surface area contributed by atoms with Crippen molar-refractivity contribution in [2.45, 2.75) is 46.3 Å². The van der Waals surface area contributed by atoms with Crippen LogP contribution in [0.15, 0.2) is 6.07 Å². The summed E-state index contributed by atoms with van der Waals surface area (Å²) in [5.74, 6) is 1.26. The molecule has 0 spiro atoms. The van der Waals surface area contributed by atoms with E-state index >= 15 is 0 Å². The lowest BCUT2D eigenvalue weighted by molar-refractivity contribution is -0.0796. The van der Waals surface area contributed by atoms with Crippen molar-refractivity contribution in [3.63, 3.8) is 0 Å². The molecule has 0 radical (unpaired) electrons. The fourth-order valence-corrected chi connectivity index (χ4v) is 2.51. The lowest BCUT2D eigenvalue weighted by Gasteiger charge is -2.51. The van der Waals surface area contributed by atoms with Crippen LogP contribution in [0.4, 0.5) is 5.95 Å². The highest BCUT2D eigenvalue weighted by Crippen LogP contribution is 2.43. The van der Waals surface area contributed by atoms with Crippen molar-refractivity contribution in [1.82, 2.24) is 9.97 Å². The second-order valence-corrected chi connectivity index (χ2v) is 5.58. The van der Waals surface area contributed by atoms with Gasteiger partial charge in [0.2, 0.25) is 11.8 Å². The Morgan fingerprint density at radius 1 is 1.42 bits per heavy atom. The molecule has 5 heteroatoms. The summed E-state index contributed by atoms with van der Waals surface area (Å²) in [4.78, 5) is 8.79. The van der Waals surface area contributed by atoms with Crippen LogP contribution in [-0.2, 0) is 4.74 Å². The molecular weight excluding hydrogens is 242 g/mol. The van der Waals surface area contributed by atoms with Crippen molar-refractivity contribution < 1.29 is 9.47 Å². The van der Waals surface area contributed by atoms with Crippen LogP contribution in [-0.4, -0.2) is 35.8 Å². The zero-order valence-corrected chi connectivity index (χ0v) is 12.4. The highest BCUT2D eigenvalue weighted by Gasteiger charge is 2.48. The van der Waals surface area contributed by atoms with Gasteiger partial charge in [0.25, 0.3) is 0 Å². The van der Waals surface area contributed by atoms with Gasteiger partial charge in [-0.1, -0.05) is 13.8 Å². The number of ether oxygens (including phenoxy) is 2. The molecule has 1 fully saturated rings. The number of nitrogens with one attached hydrogen (secondary N) is 1. The predicted octanol–water partition coefficient (Wildman–Crippen LogP) is 2.41. The molecule has 106 valence electrons. The van der Waals surface area contributed by atoms with Crippen LogP contribution in [0.3, 0.4) is 0 Å². The van der Waals surface area contributed by atoms with E-state index in [0.717, 1.165) is 12.1 Å². The monoisotopic (exact) mass is 265 g/mol. The molecular formula is C14H23N3O2. The molecule has 2 atom stereocenters. The highest BCUT2D eigenvalue weighted by atomic mass is 16.5. The largest absolute Gasteiger partial charge is 0.478 e. The van der Waals surface area contributed by atoms with Gasteiger partial charge in [-0.05, 0) is 20.3 Å². The van der Waals surface area contributed by atoms with E-state index in [2.05, 4.69) is 29.1 Å². The van der Waals surface area contributed by atoms with E-state index in [1.54, 1.807) is 7.11 Å². The van der Waals surface area contributed by atoms with Gasteiger partial charge in [-0.25, -0.2) is 4.98 Å². The lowest BCUT2D eigenvalue weighted by atomic mass is 9.64. The third kappa shape index (κ3) is 2.81. The average molecular weight is 265 g/mol. The standard InChI is InChI=1S/C14H23N3O2/c1-6-19-12-7-9(2)15-13(17-12)16-10-8-11(18-5)14(10,3)4/h7,10-11H,6,8H2,1-5H3,(H,15,16,17). The van der Waals surface area contributed by atoms with E-state index in [4.69, 9.17) is 9.47 Å². The molecule has 1 aromatic rings. The van der Waals surface area contributed by atoms with Crippen molar-refractivity contribution in [1.29, 1.82) is 0 Å². The second-order valence-electron chi connectivity index (χ2n) is 5.58. The highest BCUT2D eigenvalue weighted by molar-refractivity contribution is 5.34. The van der Waals surface area contributed by atoms with Gasteiger partial charge in [-0.15, -0.1) is 0 Å². The Morgan fingerprint density at radius 3 is 2.74 bits per heavy atom. The van der Waals surface area contributed by atoms with Crippen LogP contribution in [0, 0.1) is 12.3 Å². The predicted molar refractivity (Wildman–Crippen MR) is 74.5 cm³/mol. The summed E-state index contributed by atoms with van der Waals surface area (Å²) >= 11 is 0. The first-order valence-corrected chi connectivity index (χ1v) is 6.75. The average Bonchev–Trinajstić information content (AvgIpc) is 2.33. The van der Waals surface area contributed by atoms with Crippen molar-refractivity contribution in [3.8, 4) is 5.88 Å². The third-order valence-corrected chi connectivity index (χ3v) is 3.89. The van der Waals surface area contributed by atoms with Gasteiger partial charge >= 0.3 is 0 Å². The van der Waals surface area contributed by atoms with Crippen LogP contribution in [0.5, 0.6) is 5.88 Å². The van der Waals surface area contributed by atoms with Crippen LogP contribution < -0.4 is 10.1 Å². The van der Waals surface area contributed by atoms with Crippen LogP contribution in [0.1, 0.15) is 32.9 Å². The molecule has 1 aliphatic rings. The molecule has 0 amide bonds. The number of nitrogens with zero attached hydrogens (tertiary/aromatic N) is 2. The Hall–Kier alpha value is -1.36. The van der Waals surface area contributed by atoms with Crippen LogP contribution in [0.2, 0.25) is 0 Å². The zero-order chi connectivity index (χ0) is 14.0. The quantitative estimate of drug-likeness (QED) is 0.886. The van der Waals surface area contributed by atoms with Gasteiger partial charge in [0, 0.05) is 30.3 Å². The maximum atomic E-state index is 5.45. The minimum Gasteiger partial charge on any atom is -0.478 e. The Kier molecular flexibility index (Phi) is 3.94. The normalized spacial score (nSPS) is 24.7. The number of hydrogen-bond donors (Lipinski definition) is 1. The smallest absolute Gasteiger partial charge is 0.226 e. The molecule has 0 bridgehead atoms. The van der Waals surface area contributed by atoms with Crippen LogP contribution in [0.25, 0.3) is 0 Å². The molecule has 19 heavy (non-hydrogen) atoms. The number of anilines is 1. The second kappa shape index (κ2) is 5.33. The Morgan fingerprint density at radius 2 is 2.16 bits per heavy atom. The molecule has 1 heterocycles. The molecule has 0 aliphatic heterocycles.